The van der Waals surface area contributed by atoms with Crippen molar-refractivity contribution in [1.29, 1.82) is 0 Å². The van der Waals surface area contributed by atoms with E-state index in [1.54, 1.807) is 0 Å². The molecule has 5 rings (SSSR count). The van der Waals surface area contributed by atoms with Gasteiger partial charge in [0.25, 0.3) is 5.91 Å². The summed E-state index contributed by atoms with van der Waals surface area (Å²) in [7, 11) is 0. The average Bonchev–Trinajstić information content (AvgIpc) is 3.45. The number of pyridine rings is 1. The highest BCUT2D eigenvalue weighted by Crippen LogP contribution is 2.40. The van der Waals surface area contributed by atoms with Crippen LogP contribution in [-0.2, 0) is 6.61 Å². The van der Waals surface area contributed by atoms with Gasteiger partial charge in [0.1, 0.15) is 5.65 Å². The Hall–Kier alpha value is -2.58. The van der Waals surface area contributed by atoms with Crippen LogP contribution in [0.2, 0.25) is 0 Å². The number of likely N-dealkylation sites (tertiary alicyclic amines) is 1. The number of aliphatic hydroxyl groups excluding tert-OH is 1. The first-order valence-electron chi connectivity index (χ1n) is 9.61. The molecule has 1 amide bonds. The molecule has 1 saturated heterocycles. The second-order valence-corrected chi connectivity index (χ2v) is 8.74. The Kier molecular flexibility index (Phi) is 4.25. The van der Waals surface area contributed by atoms with Crippen molar-refractivity contribution in [2.75, 3.05) is 30.0 Å². The zero-order chi connectivity index (χ0) is 19.3. The van der Waals surface area contributed by atoms with Crippen LogP contribution < -0.4 is 10.2 Å². The molecule has 0 aromatic carbocycles. The fourth-order valence-corrected chi connectivity index (χ4v) is 5.17. The summed E-state index contributed by atoms with van der Waals surface area (Å²) in [6.45, 7) is 4.45. The minimum absolute atomic E-state index is 0.0193. The lowest BCUT2D eigenvalue weighted by atomic mass is 9.91. The van der Waals surface area contributed by atoms with Gasteiger partial charge in [-0.1, -0.05) is 6.92 Å². The molecule has 5 heterocycles. The van der Waals surface area contributed by atoms with Crippen LogP contribution in [0.15, 0.2) is 30.6 Å². The molecule has 3 aromatic heterocycles. The number of H-pyrrole nitrogens is 1. The van der Waals surface area contributed by atoms with Gasteiger partial charge in [-0.05, 0) is 30.5 Å². The maximum atomic E-state index is 13.0. The third-order valence-electron chi connectivity index (χ3n) is 5.92. The van der Waals surface area contributed by atoms with Crippen LogP contribution in [0.4, 0.5) is 11.4 Å². The highest BCUT2D eigenvalue weighted by atomic mass is 32.1. The van der Waals surface area contributed by atoms with Crippen molar-refractivity contribution in [3.63, 3.8) is 0 Å². The molecule has 3 aromatic rings. The SMILES string of the molecule is C[C@H]1CCN(C(=O)c2ccc(CO)s2)C[C@H]1N1CNc2cnc3[nH]ccc3c21. The molecule has 1 fully saturated rings. The van der Waals surface area contributed by atoms with Gasteiger partial charge in [-0.15, -0.1) is 11.3 Å². The summed E-state index contributed by atoms with van der Waals surface area (Å²) < 4.78 is 0. The summed E-state index contributed by atoms with van der Waals surface area (Å²) in [4.78, 5) is 26.6. The smallest absolute Gasteiger partial charge is 0.264 e. The van der Waals surface area contributed by atoms with E-state index in [1.807, 2.05) is 29.4 Å². The lowest BCUT2D eigenvalue weighted by molar-refractivity contribution is 0.0674. The molecule has 3 N–H and O–H groups in total. The van der Waals surface area contributed by atoms with Crippen LogP contribution in [0.5, 0.6) is 0 Å². The Balaban J connectivity index is 1.43. The maximum absolute atomic E-state index is 13.0. The van der Waals surface area contributed by atoms with Gasteiger partial charge in [-0.25, -0.2) is 4.98 Å². The number of hydrogen-bond donors (Lipinski definition) is 3. The lowest BCUT2D eigenvalue weighted by Gasteiger charge is -2.42. The third kappa shape index (κ3) is 2.75. The number of aliphatic hydroxyl groups is 1. The van der Waals surface area contributed by atoms with Crippen molar-refractivity contribution >= 4 is 39.7 Å². The molecular formula is C20H23N5O2S. The van der Waals surface area contributed by atoms with Crippen molar-refractivity contribution in [2.24, 2.45) is 5.92 Å². The number of fused-ring (bicyclic) bond motifs is 3. The Labute approximate surface area is 167 Å². The Morgan fingerprint density at radius 2 is 2.29 bits per heavy atom. The van der Waals surface area contributed by atoms with Gasteiger partial charge in [0.2, 0.25) is 0 Å². The van der Waals surface area contributed by atoms with E-state index >= 15 is 0 Å². The number of nitrogens with zero attached hydrogens (tertiary/aromatic N) is 3. The summed E-state index contributed by atoms with van der Waals surface area (Å²) in [5, 5.41) is 13.9. The topological polar surface area (TPSA) is 84.5 Å². The fraction of sp³-hybridized carbons (Fsp3) is 0.400. The predicted molar refractivity (Wildman–Crippen MR) is 111 cm³/mol. The zero-order valence-electron chi connectivity index (χ0n) is 15.7. The van der Waals surface area contributed by atoms with Crippen LogP contribution in [-0.4, -0.2) is 51.7 Å². The van der Waals surface area contributed by atoms with E-state index in [4.69, 9.17) is 0 Å². The van der Waals surface area contributed by atoms with E-state index in [1.165, 1.54) is 17.0 Å². The number of carbonyl (C=O) groups is 1. The van der Waals surface area contributed by atoms with Crippen LogP contribution in [0.25, 0.3) is 11.0 Å². The van der Waals surface area contributed by atoms with E-state index in [-0.39, 0.29) is 18.6 Å². The van der Waals surface area contributed by atoms with E-state index < -0.39 is 0 Å². The minimum Gasteiger partial charge on any atom is -0.391 e. The molecule has 7 nitrogen and oxygen atoms in total. The molecule has 0 aliphatic carbocycles. The van der Waals surface area contributed by atoms with Gasteiger partial charge in [-0.3, -0.25) is 4.79 Å². The van der Waals surface area contributed by atoms with Gasteiger partial charge in [0, 0.05) is 29.5 Å². The molecule has 2 aliphatic rings. The number of aromatic amines is 1. The lowest BCUT2D eigenvalue weighted by Crippen LogP contribution is -2.53. The Morgan fingerprint density at radius 3 is 3.11 bits per heavy atom. The molecule has 28 heavy (non-hydrogen) atoms. The van der Waals surface area contributed by atoms with Gasteiger partial charge in [0.15, 0.2) is 0 Å². The predicted octanol–water partition coefficient (Wildman–Crippen LogP) is 2.86. The fourth-order valence-electron chi connectivity index (χ4n) is 4.34. The highest BCUT2D eigenvalue weighted by molar-refractivity contribution is 7.14. The van der Waals surface area contributed by atoms with Gasteiger partial charge in [-0.2, -0.15) is 0 Å². The van der Waals surface area contributed by atoms with Crippen molar-refractivity contribution in [3.05, 3.63) is 40.3 Å². The second kappa shape index (κ2) is 6.79. The van der Waals surface area contributed by atoms with Crippen molar-refractivity contribution < 1.29 is 9.90 Å². The van der Waals surface area contributed by atoms with E-state index in [0.29, 0.717) is 17.3 Å². The second-order valence-electron chi connectivity index (χ2n) is 7.57. The van der Waals surface area contributed by atoms with Gasteiger partial charge in [0.05, 0.1) is 41.8 Å². The molecule has 0 saturated carbocycles. The number of carbonyl (C=O) groups excluding carboxylic acids is 1. The summed E-state index contributed by atoms with van der Waals surface area (Å²) in [5.41, 5.74) is 3.11. The third-order valence-corrected chi connectivity index (χ3v) is 6.98. The molecule has 2 aliphatic heterocycles. The monoisotopic (exact) mass is 397 g/mol. The number of piperidine rings is 1. The van der Waals surface area contributed by atoms with Crippen LogP contribution in [0.3, 0.4) is 0 Å². The van der Waals surface area contributed by atoms with Crippen LogP contribution in [0, 0.1) is 5.92 Å². The summed E-state index contributed by atoms with van der Waals surface area (Å²) >= 11 is 1.38. The molecule has 2 atom stereocenters. The molecule has 0 radical (unpaired) electrons. The number of hydrogen-bond acceptors (Lipinski definition) is 6. The van der Waals surface area contributed by atoms with Gasteiger partial charge < -0.3 is 25.2 Å². The largest absolute Gasteiger partial charge is 0.391 e. The molecular weight excluding hydrogens is 374 g/mol. The van der Waals surface area contributed by atoms with Crippen molar-refractivity contribution in [1.82, 2.24) is 14.9 Å². The summed E-state index contributed by atoms with van der Waals surface area (Å²) in [5.74, 6) is 0.547. The Morgan fingerprint density at radius 1 is 1.39 bits per heavy atom. The standard InChI is InChI=1S/C20H23N5O2S/c1-12-5-7-24(20(27)17-3-2-13(10-26)28-17)9-16(12)25-11-23-15-8-22-19-14(18(15)25)4-6-21-19/h2-4,6,8,12,16,23,26H,5,7,9-11H2,1H3,(H,21,22)/t12-,16+/m0/s1. The Bertz CT molecular complexity index is 1030. The number of nitrogens with one attached hydrogen (secondary N) is 2. The first kappa shape index (κ1) is 17.5. The van der Waals surface area contributed by atoms with E-state index in [9.17, 15) is 9.90 Å². The number of thiophene rings is 1. The molecule has 8 heteroatoms. The van der Waals surface area contributed by atoms with E-state index in [2.05, 4.69) is 33.2 Å². The normalized spacial score (nSPS) is 21.8. The molecule has 0 spiro atoms. The maximum Gasteiger partial charge on any atom is 0.264 e. The van der Waals surface area contributed by atoms with Crippen molar-refractivity contribution in [2.45, 2.75) is 26.0 Å². The summed E-state index contributed by atoms with van der Waals surface area (Å²) in [6, 6.07) is 5.97. The average molecular weight is 398 g/mol. The summed E-state index contributed by atoms with van der Waals surface area (Å²) in [6.07, 6.45) is 4.78. The highest BCUT2D eigenvalue weighted by Gasteiger charge is 2.37. The quantitative estimate of drug-likeness (QED) is 0.633. The first-order valence-corrected chi connectivity index (χ1v) is 10.4. The van der Waals surface area contributed by atoms with Gasteiger partial charge >= 0.3 is 0 Å². The minimum atomic E-state index is -0.0193. The molecule has 146 valence electrons. The number of anilines is 2. The molecule has 0 unspecified atom stereocenters. The number of rotatable bonds is 3. The number of aromatic nitrogens is 2. The van der Waals surface area contributed by atoms with Crippen LogP contribution in [0.1, 0.15) is 27.9 Å². The zero-order valence-corrected chi connectivity index (χ0v) is 16.5. The van der Waals surface area contributed by atoms with E-state index in [0.717, 1.165) is 41.2 Å². The number of amides is 1. The first-order chi connectivity index (χ1) is 13.7. The molecule has 0 bridgehead atoms. The van der Waals surface area contributed by atoms with Crippen LogP contribution >= 0.6 is 11.3 Å². The van der Waals surface area contributed by atoms with Crippen molar-refractivity contribution in [3.8, 4) is 0 Å².